The summed E-state index contributed by atoms with van der Waals surface area (Å²) >= 11 is 0. The molecule has 0 aromatic heterocycles. The number of hydrogen-bond donors (Lipinski definition) is 0. The molecule has 3 amide bonds. The van der Waals surface area contributed by atoms with Gasteiger partial charge in [0.15, 0.2) is 0 Å². The molecule has 1 aliphatic heterocycles. The van der Waals surface area contributed by atoms with Crippen LogP contribution in [-0.2, 0) is 20.9 Å². The van der Waals surface area contributed by atoms with Gasteiger partial charge in [-0.15, -0.1) is 0 Å². The number of amides is 3. The molecule has 1 aromatic carbocycles. The highest BCUT2D eigenvalue weighted by Crippen LogP contribution is 2.39. The summed E-state index contributed by atoms with van der Waals surface area (Å²) in [5.74, 6) is -0.260. The van der Waals surface area contributed by atoms with Gasteiger partial charge in [-0.2, -0.15) is 0 Å². The third-order valence-corrected chi connectivity index (χ3v) is 5.60. The van der Waals surface area contributed by atoms with E-state index in [0.717, 1.165) is 35.3 Å². The predicted octanol–water partition coefficient (Wildman–Crippen LogP) is 2.64. The van der Waals surface area contributed by atoms with Crippen molar-refractivity contribution < 1.29 is 23.9 Å². The van der Waals surface area contributed by atoms with Crippen molar-refractivity contribution in [2.24, 2.45) is 0 Å². The van der Waals surface area contributed by atoms with Crippen molar-refractivity contribution >= 4 is 17.9 Å². The number of carbonyl (C=O) groups is 3. The molecule has 1 spiro atoms. The van der Waals surface area contributed by atoms with Crippen molar-refractivity contribution in [3.8, 4) is 5.75 Å². The average Bonchev–Trinajstić information content (AvgIpc) is 2.83. The molecule has 0 bridgehead atoms. The summed E-state index contributed by atoms with van der Waals surface area (Å²) in [7, 11) is 3.20. The molecule has 0 N–H and O–H groups in total. The highest BCUT2D eigenvalue weighted by molar-refractivity contribution is 6.08. The number of ether oxygens (including phenoxy) is 2. The van der Waals surface area contributed by atoms with Gasteiger partial charge in [-0.25, -0.2) is 4.79 Å². The number of aryl methyl sites for hydroxylation is 1. The Morgan fingerprint density at radius 3 is 2.56 bits per heavy atom. The van der Waals surface area contributed by atoms with Crippen molar-refractivity contribution in [3.63, 3.8) is 0 Å². The van der Waals surface area contributed by atoms with Gasteiger partial charge in [0.05, 0.1) is 7.11 Å². The van der Waals surface area contributed by atoms with Crippen LogP contribution in [0.25, 0.3) is 0 Å². The van der Waals surface area contributed by atoms with Crippen LogP contribution in [0.1, 0.15) is 43.2 Å². The lowest BCUT2D eigenvalue weighted by Gasteiger charge is -2.35. The molecule has 1 aliphatic carbocycles. The van der Waals surface area contributed by atoms with Gasteiger partial charge < -0.3 is 14.4 Å². The number of imide groups is 1. The summed E-state index contributed by atoms with van der Waals surface area (Å²) < 4.78 is 10.6. The van der Waals surface area contributed by atoms with Crippen LogP contribution in [0, 0.1) is 6.92 Å². The SMILES string of the molecule is COc1ccc(C)cc1COC(=O)CN1C(=O)N(C)C2(CCCCC2)C1=O. The topological polar surface area (TPSA) is 76.2 Å². The highest BCUT2D eigenvalue weighted by atomic mass is 16.5. The van der Waals surface area contributed by atoms with Gasteiger partial charge in [0.25, 0.3) is 5.91 Å². The molecule has 0 atom stereocenters. The Morgan fingerprint density at radius 2 is 1.89 bits per heavy atom. The molecular formula is C20H26N2O5. The normalized spacial score (nSPS) is 18.9. The summed E-state index contributed by atoms with van der Waals surface area (Å²) in [6.07, 6.45) is 4.20. The lowest BCUT2D eigenvalue weighted by atomic mass is 9.81. The van der Waals surface area contributed by atoms with Gasteiger partial charge in [0.1, 0.15) is 24.4 Å². The van der Waals surface area contributed by atoms with E-state index in [9.17, 15) is 14.4 Å². The highest BCUT2D eigenvalue weighted by Gasteiger charge is 2.55. The first-order valence-electron chi connectivity index (χ1n) is 9.28. The smallest absolute Gasteiger partial charge is 0.327 e. The summed E-state index contributed by atoms with van der Waals surface area (Å²) in [5.41, 5.74) is 0.980. The van der Waals surface area contributed by atoms with E-state index >= 15 is 0 Å². The van der Waals surface area contributed by atoms with E-state index in [0.29, 0.717) is 18.6 Å². The minimum absolute atomic E-state index is 0.0287. The Balaban J connectivity index is 1.65. The van der Waals surface area contributed by atoms with Gasteiger partial charge in [-0.3, -0.25) is 14.5 Å². The second kappa shape index (κ2) is 7.58. The molecule has 3 rings (SSSR count). The number of rotatable bonds is 5. The average molecular weight is 374 g/mol. The second-order valence-electron chi connectivity index (χ2n) is 7.30. The van der Waals surface area contributed by atoms with Crippen molar-refractivity contribution in [3.05, 3.63) is 29.3 Å². The fourth-order valence-corrected chi connectivity index (χ4v) is 4.02. The number of likely N-dealkylation sites (N-methyl/N-ethyl adjacent to an activating group) is 1. The number of methoxy groups -OCH3 is 1. The summed E-state index contributed by atoms with van der Waals surface area (Å²) in [5, 5.41) is 0. The van der Waals surface area contributed by atoms with Crippen LogP contribution in [0.3, 0.4) is 0 Å². The van der Waals surface area contributed by atoms with Gasteiger partial charge in [0.2, 0.25) is 0 Å². The number of urea groups is 1. The molecule has 146 valence electrons. The van der Waals surface area contributed by atoms with Gasteiger partial charge in [-0.1, -0.05) is 30.9 Å². The van der Waals surface area contributed by atoms with Gasteiger partial charge in [0, 0.05) is 12.6 Å². The van der Waals surface area contributed by atoms with Gasteiger partial charge >= 0.3 is 12.0 Å². The maximum Gasteiger partial charge on any atom is 0.327 e. The third-order valence-electron chi connectivity index (χ3n) is 5.60. The molecule has 1 heterocycles. The van der Waals surface area contributed by atoms with E-state index in [1.54, 1.807) is 14.2 Å². The zero-order chi connectivity index (χ0) is 19.6. The quantitative estimate of drug-likeness (QED) is 0.585. The van der Waals surface area contributed by atoms with Crippen molar-refractivity contribution in [2.75, 3.05) is 20.7 Å². The molecule has 1 saturated heterocycles. The monoisotopic (exact) mass is 374 g/mol. The minimum Gasteiger partial charge on any atom is -0.496 e. The molecule has 0 unspecified atom stereocenters. The molecular weight excluding hydrogens is 348 g/mol. The number of benzene rings is 1. The van der Waals surface area contributed by atoms with Gasteiger partial charge in [-0.05, 0) is 31.9 Å². The molecule has 1 aromatic rings. The first-order valence-corrected chi connectivity index (χ1v) is 9.28. The Morgan fingerprint density at radius 1 is 1.19 bits per heavy atom. The largest absolute Gasteiger partial charge is 0.496 e. The minimum atomic E-state index is -0.782. The van der Waals surface area contributed by atoms with Crippen LogP contribution < -0.4 is 4.74 Å². The Labute approximate surface area is 159 Å². The van der Waals surface area contributed by atoms with E-state index in [4.69, 9.17) is 9.47 Å². The zero-order valence-electron chi connectivity index (χ0n) is 16.1. The molecule has 27 heavy (non-hydrogen) atoms. The Bertz CT molecular complexity index is 755. The number of hydrogen-bond acceptors (Lipinski definition) is 5. The van der Waals surface area contributed by atoms with Crippen LogP contribution in [0.15, 0.2) is 18.2 Å². The number of nitrogens with zero attached hydrogens (tertiary/aromatic N) is 2. The molecule has 7 heteroatoms. The molecule has 2 aliphatic rings. The first kappa shape index (κ1) is 19.2. The summed E-state index contributed by atoms with van der Waals surface area (Å²) in [6, 6.07) is 5.18. The van der Waals surface area contributed by atoms with E-state index < -0.39 is 17.5 Å². The lowest BCUT2D eigenvalue weighted by molar-refractivity contribution is -0.149. The summed E-state index contributed by atoms with van der Waals surface area (Å²) in [4.78, 5) is 40.3. The molecule has 1 saturated carbocycles. The summed E-state index contributed by atoms with van der Waals surface area (Å²) in [6.45, 7) is 1.60. The predicted molar refractivity (Wildman–Crippen MR) is 98.2 cm³/mol. The third kappa shape index (κ3) is 3.50. The van der Waals surface area contributed by atoms with E-state index in [2.05, 4.69) is 0 Å². The zero-order valence-corrected chi connectivity index (χ0v) is 16.1. The Kier molecular flexibility index (Phi) is 5.39. The lowest BCUT2D eigenvalue weighted by Crippen LogP contribution is -2.49. The molecule has 7 nitrogen and oxygen atoms in total. The van der Waals surface area contributed by atoms with Crippen LogP contribution in [0.2, 0.25) is 0 Å². The molecule has 2 fully saturated rings. The maximum absolute atomic E-state index is 12.9. The van der Waals surface area contributed by atoms with E-state index in [1.807, 2.05) is 25.1 Å². The standard InChI is InChI=1S/C20H26N2O5/c1-14-7-8-16(26-3)15(11-14)13-27-17(23)12-22-18(24)20(21(2)19(22)25)9-5-4-6-10-20/h7-8,11H,4-6,9-10,12-13H2,1-3H3. The van der Waals surface area contributed by atoms with Crippen LogP contribution in [0.4, 0.5) is 4.79 Å². The second-order valence-corrected chi connectivity index (χ2v) is 7.30. The van der Waals surface area contributed by atoms with Crippen LogP contribution >= 0.6 is 0 Å². The maximum atomic E-state index is 12.9. The number of esters is 1. The fourth-order valence-electron chi connectivity index (χ4n) is 4.02. The van der Waals surface area contributed by atoms with E-state index in [-0.39, 0.29) is 19.1 Å². The van der Waals surface area contributed by atoms with Crippen molar-refractivity contribution in [1.82, 2.24) is 9.80 Å². The van der Waals surface area contributed by atoms with E-state index in [1.165, 1.54) is 4.90 Å². The molecule has 0 radical (unpaired) electrons. The fraction of sp³-hybridized carbons (Fsp3) is 0.550. The van der Waals surface area contributed by atoms with Crippen LogP contribution in [-0.4, -0.2) is 53.9 Å². The first-order chi connectivity index (χ1) is 12.9. The van der Waals surface area contributed by atoms with Crippen LogP contribution in [0.5, 0.6) is 5.75 Å². The Hall–Kier alpha value is -2.57. The van der Waals surface area contributed by atoms with Crippen molar-refractivity contribution in [1.29, 1.82) is 0 Å². The number of carbonyl (C=O) groups excluding carboxylic acids is 3. The van der Waals surface area contributed by atoms with Crippen molar-refractivity contribution in [2.45, 2.75) is 51.2 Å².